The first-order valence-corrected chi connectivity index (χ1v) is 8.41. The molecule has 136 valence electrons. The van der Waals surface area contributed by atoms with Crippen LogP contribution in [0.25, 0.3) is 0 Å². The molecule has 0 radical (unpaired) electrons. The second-order valence-electron chi connectivity index (χ2n) is 5.88. The van der Waals surface area contributed by atoms with E-state index in [2.05, 4.69) is 15.6 Å². The monoisotopic (exact) mass is 363 g/mol. The lowest BCUT2D eigenvalue weighted by Gasteiger charge is -2.20. The van der Waals surface area contributed by atoms with Gasteiger partial charge in [0.25, 0.3) is 5.91 Å². The van der Waals surface area contributed by atoms with Crippen molar-refractivity contribution in [2.24, 2.45) is 0 Å². The number of hydrogen-bond acceptors (Lipinski definition) is 3. The Bertz CT molecular complexity index is 860. The molecule has 27 heavy (non-hydrogen) atoms. The maximum Gasteiger partial charge on any atom is 0.251 e. The molecular weight excluding hydrogens is 345 g/mol. The molecule has 2 amide bonds. The Labute approximate surface area is 156 Å². The molecule has 6 heteroatoms. The van der Waals surface area contributed by atoms with Crippen molar-refractivity contribution >= 4 is 11.8 Å². The second kappa shape index (κ2) is 8.71. The molecule has 0 aliphatic heterocycles. The fourth-order valence-electron chi connectivity index (χ4n) is 2.64. The molecule has 1 aromatic heterocycles. The zero-order chi connectivity index (χ0) is 19.1. The summed E-state index contributed by atoms with van der Waals surface area (Å²) in [7, 11) is 0. The number of hydrogen-bond donors (Lipinski definition) is 2. The highest BCUT2D eigenvalue weighted by atomic mass is 19.1. The Hall–Kier alpha value is -3.54. The number of rotatable bonds is 6. The highest BCUT2D eigenvalue weighted by Gasteiger charge is 2.17. The molecule has 1 heterocycles. The molecule has 1 unspecified atom stereocenters. The van der Waals surface area contributed by atoms with E-state index >= 15 is 0 Å². The van der Waals surface area contributed by atoms with Crippen LogP contribution in [-0.2, 0) is 4.79 Å². The molecule has 0 aliphatic rings. The summed E-state index contributed by atoms with van der Waals surface area (Å²) in [5.41, 5.74) is 2.09. The lowest BCUT2D eigenvalue weighted by molar-refractivity contribution is -0.120. The van der Waals surface area contributed by atoms with Gasteiger partial charge in [-0.3, -0.25) is 14.6 Å². The standard InChI is InChI=1S/C21H18FN3O2/c22-18-8-6-17(7-9-18)21(27)24-14-19(26)25-20(15-4-2-1-3-5-15)16-10-12-23-13-11-16/h1-13,20H,14H2,(H,24,27)(H,25,26). The molecule has 0 fully saturated rings. The molecular formula is C21H18FN3O2. The van der Waals surface area contributed by atoms with Gasteiger partial charge in [0.15, 0.2) is 0 Å². The number of nitrogens with one attached hydrogen (secondary N) is 2. The molecule has 3 aromatic rings. The van der Waals surface area contributed by atoms with E-state index in [1.165, 1.54) is 24.3 Å². The molecule has 0 bridgehead atoms. The van der Waals surface area contributed by atoms with Gasteiger partial charge in [-0.25, -0.2) is 4.39 Å². The predicted molar refractivity (Wildman–Crippen MR) is 99.4 cm³/mol. The van der Waals surface area contributed by atoms with E-state index in [-0.39, 0.29) is 24.1 Å². The lowest BCUT2D eigenvalue weighted by Crippen LogP contribution is -2.39. The van der Waals surface area contributed by atoms with Crippen molar-refractivity contribution in [3.05, 3.63) is 102 Å². The van der Waals surface area contributed by atoms with E-state index in [1.807, 2.05) is 42.5 Å². The summed E-state index contributed by atoms with van der Waals surface area (Å²) in [4.78, 5) is 28.5. The average Bonchev–Trinajstić information content (AvgIpc) is 2.72. The summed E-state index contributed by atoms with van der Waals surface area (Å²) < 4.78 is 12.9. The fourth-order valence-corrected chi connectivity index (χ4v) is 2.64. The molecule has 0 saturated carbocycles. The first-order valence-electron chi connectivity index (χ1n) is 8.41. The number of carbonyl (C=O) groups excluding carboxylic acids is 2. The van der Waals surface area contributed by atoms with E-state index in [1.54, 1.807) is 12.4 Å². The van der Waals surface area contributed by atoms with Crippen molar-refractivity contribution in [1.29, 1.82) is 0 Å². The quantitative estimate of drug-likeness (QED) is 0.707. The summed E-state index contributed by atoms with van der Waals surface area (Å²) in [5.74, 6) is -1.20. The fraction of sp³-hybridized carbons (Fsp3) is 0.0952. The van der Waals surface area contributed by atoms with Gasteiger partial charge in [0.05, 0.1) is 12.6 Å². The molecule has 0 spiro atoms. The maximum atomic E-state index is 12.9. The van der Waals surface area contributed by atoms with Gasteiger partial charge < -0.3 is 10.6 Å². The van der Waals surface area contributed by atoms with Crippen LogP contribution in [0.5, 0.6) is 0 Å². The predicted octanol–water partition coefficient (Wildman–Crippen LogP) is 2.86. The van der Waals surface area contributed by atoms with Gasteiger partial charge in [-0.15, -0.1) is 0 Å². The van der Waals surface area contributed by atoms with Crippen molar-refractivity contribution in [1.82, 2.24) is 15.6 Å². The number of amides is 2. The number of pyridine rings is 1. The van der Waals surface area contributed by atoms with E-state index in [9.17, 15) is 14.0 Å². The zero-order valence-electron chi connectivity index (χ0n) is 14.4. The molecule has 0 aliphatic carbocycles. The summed E-state index contributed by atoms with van der Waals surface area (Å²) in [6.07, 6.45) is 3.32. The highest BCUT2D eigenvalue weighted by Crippen LogP contribution is 2.21. The van der Waals surface area contributed by atoms with Crippen LogP contribution < -0.4 is 10.6 Å². The number of nitrogens with zero attached hydrogens (tertiary/aromatic N) is 1. The first-order chi connectivity index (χ1) is 13.1. The zero-order valence-corrected chi connectivity index (χ0v) is 14.4. The summed E-state index contributed by atoms with van der Waals surface area (Å²) in [6.45, 7) is -0.190. The van der Waals surface area contributed by atoms with E-state index in [4.69, 9.17) is 0 Å². The third-order valence-electron chi connectivity index (χ3n) is 3.99. The van der Waals surface area contributed by atoms with E-state index in [0.717, 1.165) is 11.1 Å². The van der Waals surface area contributed by atoms with E-state index < -0.39 is 11.7 Å². The van der Waals surface area contributed by atoms with Gasteiger partial charge in [0, 0.05) is 18.0 Å². The minimum absolute atomic E-state index is 0.190. The number of halogens is 1. The van der Waals surface area contributed by atoms with Gasteiger partial charge >= 0.3 is 0 Å². The van der Waals surface area contributed by atoms with Crippen LogP contribution in [0.15, 0.2) is 79.1 Å². The van der Waals surface area contributed by atoms with Crippen LogP contribution in [0.2, 0.25) is 0 Å². The summed E-state index contributed by atoms with van der Waals surface area (Å²) in [5, 5.41) is 5.46. The largest absolute Gasteiger partial charge is 0.344 e. The average molecular weight is 363 g/mol. The van der Waals surface area contributed by atoms with Crippen LogP contribution in [0.3, 0.4) is 0 Å². The van der Waals surface area contributed by atoms with Crippen molar-refractivity contribution in [3.8, 4) is 0 Å². The Morgan fingerprint density at radius 2 is 1.52 bits per heavy atom. The van der Waals surface area contributed by atoms with Crippen LogP contribution >= 0.6 is 0 Å². The van der Waals surface area contributed by atoms with Gasteiger partial charge in [-0.2, -0.15) is 0 Å². The summed E-state index contributed by atoms with van der Waals surface area (Å²) in [6, 6.07) is 18.0. The molecule has 0 saturated heterocycles. The molecule has 2 aromatic carbocycles. The van der Waals surface area contributed by atoms with Gasteiger partial charge in [-0.05, 0) is 47.5 Å². The van der Waals surface area contributed by atoms with Crippen LogP contribution in [0.1, 0.15) is 27.5 Å². The van der Waals surface area contributed by atoms with Gasteiger partial charge in [0.2, 0.25) is 5.91 Å². The third-order valence-corrected chi connectivity index (χ3v) is 3.99. The van der Waals surface area contributed by atoms with Crippen molar-refractivity contribution in [3.63, 3.8) is 0 Å². The molecule has 5 nitrogen and oxygen atoms in total. The Balaban J connectivity index is 1.66. The lowest BCUT2D eigenvalue weighted by atomic mass is 10.00. The maximum absolute atomic E-state index is 12.9. The molecule has 2 N–H and O–H groups in total. The van der Waals surface area contributed by atoms with Gasteiger partial charge in [0.1, 0.15) is 5.82 Å². The third kappa shape index (κ3) is 4.98. The Morgan fingerprint density at radius 1 is 0.889 bits per heavy atom. The molecule has 1 atom stereocenters. The number of benzene rings is 2. The smallest absolute Gasteiger partial charge is 0.251 e. The number of carbonyl (C=O) groups is 2. The van der Waals surface area contributed by atoms with Crippen molar-refractivity contribution < 1.29 is 14.0 Å². The van der Waals surface area contributed by atoms with Crippen molar-refractivity contribution in [2.45, 2.75) is 6.04 Å². The van der Waals surface area contributed by atoms with Crippen LogP contribution in [0.4, 0.5) is 4.39 Å². The topological polar surface area (TPSA) is 71.1 Å². The number of aromatic nitrogens is 1. The first kappa shape index (κ1) is 18.3. The van der Waals surface area contributed by atoms with Crippen LogP contribution in [0, 0.1) is 5.82 Å². The van der Waals surface area contributed by atoms with Gasteiger partial charge in [-0.1, -0.05) is 30.3 Å². The highest BCUT2D eigenvalue weighted by molar-refractivity contribution is 5.96. The normalized spacial score (nSPS) is 11.4. The minimum atomic E-state index is -0.440. The van der Waals surface area contributed by atoms with Crippen LogP contribution in [-0.4, -0.2) is 23.3 Å². The Morgan fingerprint density at radius 3 is 2.19 bits per heavy atom. The summed E-state index contributed by atoms with van der Waals surface area (Å²) >= 11 is 0. The van der Waals surface area contributed by atoms with Crippen molar-refractivity contribution in [2.75, 3.05) is 6.54 Å². The minimum Gasteiger partial charge on any atom is -0.344 e. The second-order valence-corrected chi connectivity index (χ2v) is 5.88. The SMILES string of the molecule is O=C(CNC(=O)c1ccc(F)cc1)NC(c1ccccc1)c1ccncc1. The van der Waals surface area contributed by atoms with E-state index in [0.29, 0.717) is 0 Å². The molecule has 3 rings (SSSR count). The Kier molecular flexibility index (Phi) is 5.89.